The van der Waals surface area contributed by atoms with Gasteiger partial charge in [-0.15, -0.1) is 0 Å². The molecule has 1 aromatic carbocycles. The molecule has 0 saturated carbocycles. The third-order valence-corrected chi connectivity index (χ3v) is 2.92. The first-order valence-corrected chi connectivity index (χ1v) is 6.53. The number of nitrogens with one attached hydrogen (secondary N) is 2. The smallest absolute Gasteiger partial charge is 0.313 e. The second-order valence-electron chi connectivity index (χ2n) is 4.17. The molecule has 0 fully saturated rings. The standard InChI is InChI=1S/C13H16ClFN2O3/c1-2-9(5-6-18)16-12(19)13(20)17-11-7-8(14)3-4-10(11)15/h3-4,7,9,18H,2,5-6H2,1H3,(H,16,19)(H,17,20). The Hall–Kier alpha value is -1.66. The number of benzene rings is 1. The van der Waals surface area contributed by atoms with Crippen molar-refractivity contribution in [3.05, 3.63) is 29.0 Å². The average molecular weight is 303 g/mol. The van der Waals surface area contributed by atoms with E-state index in [0.29, 0.717) is 12.8 Å². The fourth-order valence-corrected chi connectivity index (χ4v) is 1.73. The summed E-state index contributed by atoms with van der Waals surface area (Å²) in [4.78, 5) is 23.3. The Balaban J connectivity index is 2.66. The number of carbonyl (C=O) groups excluding carboxylic acids is 2. The number of hydrogen-bond donors (Lipinski definition) is 3. The molecule has 0 radical (unpaired) electrons. The molecule has 1 unspecified atom stereocenters. The van der Waals surface area contributed by atoms with E-state index < -0.39 is 17.6 Å². The van der Waals surface area contributed by atoms with E-state index >= 15 is 0 Å². The first kappa shape index (κ1) is 16.4. The Morgan fingerprint density at radius 2 is 2.10 bits per heavy atom. The molecule has 110 valence electrons. The lowest BCUT2D eigenvalue weighted by atomic mass is 10.1. The first-order chi connectivity index (χ1) is 9.47. The van der Waals surface area contributed by atoms with Gasteiger partial charge in [0.25, 0.3) is 0 Å². The Labute approximate surface area is 121 Å². The van der Waals surface area contributed by atoms with Crippen molar-refractivity contribution in [3.63, 3.8) is 0 Å². The summed E-state index contributed by atoms with van der Waals surface area (Å²) in [5.41, 5.74) is -0.159. The van der Waals surface area contributed by atoms with Gasteiger partial charge in [0.2, 0.25) is 0 Å². The van der Waals surface area contributed by atoms with Crippen LogP contribution in [0.1, 0.15) is 19.8 Å². The van der Waals surface area contributed by atoms with Gasteiger partial charge in [0.05, 0.1) is 5.69 Å². The third-order valence-electron chi connectivity index (χ3n) is 2.69. The van der Waals surface area contributed by atoms with Gasteiger partial charge in [0.1, 0.15) is 5.82 Å². The van der Waals surface area contributed by atoms with Gasteiger partial charge in [-0.05, 0) is 31.0 Å². The maximum Gasteiger partial charge on any atom is 0.313 e. The summed E-state index contributed by atoms with van der Waals surface area (Å²) in [5, 5.41) is 13.7. The highest BCUT2D eigenvalue weighted by Gasteiger charge is 2.18. The van der Waals surface area contributed by atoms with Crippen molar-refractivity contribution in [2.24, 2.45) is 0 Å². The average Bonchev–Trinajstić information content (AvgIpc) is 2.42. The molecule has 3 N–H and O–H groups in total. The molecule has 0 aliphatic rings. The lowest BCUT2D eigenvalue weighted by molar-refractivity contribution is -0.136. The second-order valence-corrected chi connectivity index (χ2v) is 4.61. The van der Waals surface area contributed by atoms with Crippen LogP contribution in [0, 0.1) is 5.82 Å². The van der Waals surface area contributed by atoms with Crippen LogP contribution in [0.15, 0.2) is 18.2 Å². The Bertz CT molecular complexity index is 497. The topological polar surface area (TPSA) is 78.4 Å². The highest BCUT2D eigenvalue weighted by Crippen LogP contribution is 2.19. The summed E-state index contributed by atoms with van der Waals surface area (Å²) in [6, 6.07) is 3.34. The van der Waals surface area contributed by atoms with Gasteiger partial charge in [-0.3, -0.25) is 9.59 Å². The second kappa shape index (κ2) is 7.81. The largest absolute Gasteiger partial charge is 0.396 e. The third kappa shape index (κ3) is 4.79. The van der Waals surface area contributed by atoms with Gasteiger partial charge in [-0.25, -0.2) is 4.39 Å². The number of aliphatic hydroxyl groups is 1. The molecule has 0 aromatic heterocycles. The van der Waals surface area contributed by atoms with Crippen molar-refractivity contribution >= 4 is 29.1 Å². The normalized spacial score (nSPS) is 11.8. The minimum absolute atomic E-state index is 0.0939. The van der Waals surface area contributed by atoms with E-state index in [2.05, 4.69) is 10.6 Å². The lowest BCUT2D eigenvalue weighted by Gasteiger charge is -2.15. The zero-order chi connectivity index (χ0) is 15.1. The molecule has 7 heteroatoms. The van der Waals surface area contributed by atoms with Crippen molar-refractivity contribution in [2.75, 3.05) is 11.9 Å². The molecule has 0 saturated heterocycles. The fourth-order valence-electron chi connectivity index (χ4n) is 1.56. The zero-order valence-electron chi connectivity index (χ0n) is 11.0. The first-order valence-electron chi connectivity index (χ1n) is 6.15. The summed E-state index contributed by atoms with van der Waals surface area (Å²) in [6.45, 7) is 1.72. The van der Waals surface area contributed by atoms with Gasteiger partial charge in [0, 0.05) is 17.7 Å². The Morgan fingerprint density at radius 1 is 1.40 bits per heavy atom. The minimum atomic E-state index is -0.984. The molecule has 1 atom stereocenters. The maximum atomic E-state index is 13.4. The highest BCUT2D eigenvalue weighted by atomic mass is 35.5. The van der Waals surface area contributed by atoms with Crippen molar-refractivity contribution < 1.29 is 19.1 Å². The van der Waals surface area contributed by atoms with Gasteiger partial charge in [0.15, 0.2) is 0 Å². The number of hydrogen-bond acceptors (Lipinski definition) is 3. The molecule has 0 heterocycles. The van der Waals surface area contributed by atoms with E-state index in [1.165, 1.54) is 12.1 Å². The van der Waals surface area contributed by atoms with Gasteiger partial charge in [-0.2, -0.15) is 0 Å². The molecule has 0 aliphatic heterocycles. The molecule has 2 amide bonds. The highest BCUT2D eigenvalue weighted by molar-refractivity contribution is 6.40. The van der Waals surface area contributed by atoms with Crippen LogP contribution in [0.2, 0.25) is 5.02 Å². The SMILES string of the molecule is CCC(CCO)NC(=O)C(=O)Nc1cc(Cl)ccc1F. The number of carbonyl (C=O) groups is 2. The monoisotopic (exact) mass is 302 g/mol. The van der Waals surface area contributed by atoms with E-state index in [-0.39, 0.29) is 23.4 Å². The van der Waals surface area contributed by atoms with Gasteiger partial charge in [-0.1, -0.05) is 18.5 Å². The van der Waals surface area contributed by atoms with Crippen molar-refractivity contribution in [1.82, 2.24) is 5.32 Å². The number of anilines is 1. The van der Waals surface area contributed by atoms with Crippen LogP contribution < -0.4 is 10.6 Å². The molecular weight excluding hydrogens is 287 g/mol. The van der Waals surface area contributed by atoms with Gasteiger partial charge >= 0.3 is 11.8 Å². The molecule has 20 heavy (non-hydrogen) atoms. The van der Waals surface area contributed by atoms with E-state index in [1.54, 1.807) is 0 Å². The molecule has 5 nitrogen and oxygen atoms in total. The summed E-state index contributed by atoms with van der Waals surface area (Å²) in [5.74, 6) is -2.55. The molecular formula is C13H16ClFN2O3. The number of aliphatic hydroxyl groups excluding tert-OH is 1. The fraction of sp³-hybridized carbons (Fsp3) is 0.385. The van der Waals surface area contributed by atoms with Crippen molar-refractivity contribution in [3.8, 4) is 0 Å². The zero-order valence-corrected chi connectivity index (χ0v) is 11.7. The Morgan fingerprint density at radius 3 is 2.70 bits per heavy atom. The molecule has 0 bridgehead atoms. The van der Waals surface area contributed by atoms with E-state index in [9.17, 15) is 14.0 Å². The van der Waals surface area contributed by atoms with Crippen LogP contribution in [-0.4, -0.2) is 29.6 Å². The summed E-state index contributed by atoms with van der Waals surface area (Å²) in [7, 11) is 0. The van der Waals surface area contributed by atoms with E-state index in [0.717, 1.165) is 6.07 Å². The van der Waals surface area contributed by atoms with E-state index in [1.807, 2.05) is 6.92 Å². The van der Waals surface area contributed by atoms with Crippen LogP contribution in [0.3, 0.4) is 0 Å². The van der Waals surface area contributed by atoms with Crippen molar-refractivity contribution in [2.45, 2.75) is 25.8 Å². The predicted molar refractivity (Wildman–Crippen MR) is 74.0 cm³/mol. The number of halogens is 2. The minimum Gasteiger partial charge on any atom is -0.396 e. The van der Waals surface area contributed by atoms with Crippen LogP contribution in [0.5, 0.6) is 0 Å². The molecule has 1 aromatic rings. The van der Waals surface area contributed by atoms with Crippen LogP contribution >= 0.6 is 11.6 Å². The maximum absolute atomic E-state index is 13.4. The lowest BCUT2D eigenvalue weighted by Crippen LogP contribution is -2.42. The number of amides is 2. The van der Waals surface area contributed by atoms with Crippen LogP contribution in [-0.2, 0) is 9.59 Å². The van der Waals surface area contributed by atoms with Crippen molar-refractivity contribution in [1.29, 1.82) is 0 Å². The summed E-state index contributed by atoms with van der Waals surface area (Å²) >= 11 is 5.68. The van der Waals surface area contributed by atoms with E-state index in [4.69, 9.17) is 16.7 Å². The Kier molecular flexibility index (Phi) is 6.41. The molecule has 0 aliphatic carbocycles. The molecule has 1 rings (SSSR count). The summed E-state index contributed by atoms with van der Waals surface area (Å²) in [6.07, 6.45) is 0.923. The number of rotatable bonds is 5. The molecule has 0 spiro atoms. The quantitative estimate of drug-likeness (QED) is 0.724. The predicted octanol–water partition coefficient (Wildman–Crippen LogP) is 1.69. The van der Waals surface area contributed by atoms with Gasteiger partial charge < -0.3 is 15.7 Å². The van der Waals surface area contributed by atoms with Crippen LogP contribution in [0.25, 0.3) is 0 Å². The van der Waals surface area contributed by atoms with Crippen LogP contribution in [0.4, 0.5) is 10.1 Å². The summed E-state index contributed by atoms with van der Waals surface area (Å²) < 4.78 is 13.4.